The van der Waals surface area contributed by atoms with Crippen molar-refractivity contribution in [1.29, 1.82) is 0 Å². The minimum Gasteiger partial charge on any atom is -0.497 e. The monoisotopic (exact) mass is 310 g/mol. The molecule has 0 saturated heterocycles. The molecule has 0 fully saturated rings. The van der Waals surface area contributed by atoms with Crippen LogP contribution in [-0.4, -0.2) is 7.11 Å². The standard InChI is InChI=1S/C15H16Cl2N2O/c1-9-5-13(20-2)3-4-14(9)15(19-18)10-6-11(16)8-12(17)7-10/h3-8,15,19H,18H2,1-2H3. The van der Waals surface area contributed by atoms with E-state index in [0.717, 1.165) is 22.4 Å². The average Bonchev–Trinajstić information content (AvgIpc) is 2.40. The third-order valence-corrected chi connectivity index (χ3v) is 3.61. The lowest BCUT2D eigenvalue weighted by atomic mass is 9.95. The number of hydrazine groups is 1. The van der Waals surface area contributed by atoms with Gasteiger partial charge in [-0.2, -0.15) is 0 Å². The van der Waals surface area contributed by atoms with Crippen molar-refractivity contribution < 1.29 is 4.74 Å². The number of aryl methyl sites for hydroxylation is 1. The van der Waals surface area contributed by atoms with Crippen LogP contribution < -0.4 is 16.0 Å². The summed E-state index contributed by atoms with van der Waals surface area (Å²) in [4.78, 5) is 0. The minimum absolute atomic E-state index is 0.183. The second kappa shape index (κ2) is 6.46. The van der Waals surface area contributed by atoms with Gasteiger partial charge in [0.25, 0.3) is 0 Å². The molecule has 20 heavy (non-hydrogen) atoms. The van der Waals surface area contributed by atoms with Crippen LogP contribution in [0.1, 0.15) is 22.7 Å². The molecule has 3 N–H and O–H groups in total. The molecule has 0 aliphatic carbocycles. The number of rotatable bonds is 4. The topological polar surface area (TPSA) is 47.3 Å². The molecule has 2 aromatic carbocycles. The summed E-state index contributed by atoms with van der Waals surface area (Å²) in [6, 6.07) is 11.1. The molecular formula is C15H16Cl2N2O. The van der Waals surface area contributed by atoms with Gasteiger partial charge in [0.15, 0.2) is 0 Å². The van der Waals surface area contributed by atoms with Gasteiger partial charge in [0.2, 0.25) is 0 Å². The Labute approximate surface area is 128 Å². The van der Waals surface area contributed by atoms with Gasteiger partial charge >= 0.3 is 0 Å². The molecule has 0 bridgehead atoms. The molecule has 0 aliphatic heterocycles. The van der Waals surface area contributed by atoms with E-state index in [9.17, 15) is 0 Å². The van der Waals surface area contributed by atoms with Crippen molar-refractivity contribution in [2.45, 2.75) is 13.0 Å². The minimum atomic E-state index is -0.183. The molecule has 0 aromatic heterocycles. The molecule has 1 unspecified atom stereocenters. The van der Waals surface area contributed by atoms with E-state index in [1.165, 1.54) is 0 Å². The summed E-state index contributed by atoms with van der Waals surface area (Å²) in [6.45, 7) is 2.01. The van der Waals surface area contributed by atoms with Crippen molar-refractivity contribution in [1.82, 2.24) is 5.43 Å². The summed E-state index contributed by atoms with van der Waals surface area (Å²) in [5.74, 6) is 6.52. The lowest BCUT2D eigenvalue weighted by Gasteiger charge is -2.20. The fourth-order valence-corrected chi connectivity index (χ4v) is 2.75. The zero-order valence-corrected chi connectivity index (χ0v) is 12.8. The molecule has 0 aliphatic rings. The first-order valence-electron chi connectivity index (χ1n) is 6.12. The van der Waals surface area contributed by atoms with Crippen LogP contribution in [0, 0.1) is 6.92 Å². The second-order valence-corrected chi connectivity index (χ2v) is 5.40. The van der Waals surface area contributed by atoms with Crippen LogP contribution in [0.4, 0.5) is 0 Å². The van der Waals surface area contributed by atoms with E-state index in [1.54, 1.807) is 13.2 Å². The normalized spacial score (nSPS) is 12.2. The SMILES string of the molecule is COc1ccc(C(NN)c2cc(Cl)cc(Cl)c2)c(C)c1. The Hall–Kier alpha value is -1.26. The Morgan fingerprint density at radius 3 is 2.25 bits per heavy atom. The predicted molar refractivity (Wildman–Crippen MR) is 83.4 cm³/mol. The first-order chi connectivity index (χ1) is 9.55. The van der Waals surface area contributed by atoms with Crippen LogP contribution in [0.15, 0.2) is 36.4 Å². The zero-order valence-electron chi connectivity index (χ0n) is 11.3. The van der Waals surface area contributed by atoms with E-state index in [4.69, 9.17) is 33.8 Å². The van der Waals surface area contributed by atoms with E-state index in [2.05, 4.69) is 5.43 Å². The van der Waals surface area contributed by atoms with Crippen molar-refractivity contribution in [2.75, 3.05) is 7.11 Å². The van der Waals surface area contributed by atoms with Gasteiger partial charge < -0.3 is 4.74 Å². The van der Waals surface area contributed by atoms with E-state index in [0.29, 0.717) is 10.0 Å². The molecule has 0 radical (unpaired) electrons. The number of nitrogens with one attached hydrogen (secondary N) is 1. The summed E-state index contributed by atoms with van der Waals surface area (Å²) in [7, 11) is 1.64. The van der Waals surface area contributed by atoms with Crippen LogP contribution in [0.3, 0.4) is 0 Å². The van der Waals surface area contributed by atoms with Gasteiger partial charge in [-0.3, -0.25) is 5.84 Å². The number of ether oxygens (including phenoxy) is 1. The first kappa shape index (κ1) is 15.1. The summed E-state index contributed by atoms with van der Waals surface area (Å²) in [5.41, 5.74) is 5.84. The molecule has 106 valence electrons. The average molecular weight is 311 g/mol. The van der Waals surface area contributed by atoms with E-state index >= 15 is 0 Å². The Kier molecular flexibility index (Phi) is 4.89. The lowest BCUT2D eigenvalue weighted by molar-refractivity contribution is 0.414. The fourth-order valence-electron chi connectivity index (χ4n) is 2.21. The maximum Gasteiger partial charge on any atom is 0.119 e. The highest BCUT2D eigenvalue weighted by Crippen LogP contribution is 2.30. The van der Waals surface area contributed by atoms with Crippen LogP contribution in [0.5, 0.6) is 5.75 Å². The smallest absolute Gasteiger partial charge is 0.119 e. The van der Waals surface area contributed by atoms with E-state index < -0.39 is 0 Å². The Morgan fingerprint density at radius 1 is 1.10 bits per heavy atom. The fraction of sp³-hybridized carbons (Fsp3) is 0.200. The number of halogens is 2. The third kappa shape index (κ3) is 3.25. The Balaban J connectivity index is 2.46. The molecule has 0 amide bonds. The van der Waals surface area contributed by atoms with Gasteiger partial charge in [-0.25, -0.2) is 5.43 Å². The van der Waals surface area contributed by atoms with Crippen LogP contribution in [0.2, 0.25) is 10.0 Å². The summed E-state index contributed by atoms with van der Waals surface area (Å²) in [6.07, 6.45) is 0. The maximum absolute atomic E-state index is 6.05. The molecule has 1 atom stereocenters. The number of hydrogen-bond donors (Lipinski definition) is 2. The van der Waals surface area contributed by atoms with Gasteiger partial charge in [0.05, 0.1) is 13.2 Å². The van der Waals surface area contributed by atoms with Crippen LogP contribution in [-0.2, 0) is 0 Å². The highest BCUT2D eigenvalue weighted by Gasteiger charge is 2.16. The zero-order chi connectivity index (χ0) is 14.7. The van der Waals surface area contributed by atoms with Gasteiger partial charge in [0.1, 0.15) is 5.75 Å². The first-order valence-corrected chi connectivity index (χ1v) is 6.87. The maximum atomic E-state index is 6.05. The van der Waals surface area contributed by atoms with Crippen LogP contribution in [0.25, 0.3) is 0 Å². The molecule has 0 heterocycles. The second-order valence-electron chi connectivity index (χ2n) is 4.52. The highest BCUT2D eigenvalue weighted by molar-refractivity contribution is 6.34. The summed E-state index contributed by atoms with van der Waals surface area (Å²) >= 11 is 12.1. The van der Waals surface area contributed by atoms with Crippen molar-refractivity contribution in [3.63, 3.8) is 0 Å². The van der Waals surface area contributed by atoms with Crippen LogP contribution >= 0.6 is 23.2 Å². The third-order valence-electron chi connectivity index (χ3n) is 3.17. The molecule has 3 nitrogen and oxygen atoms in total. The lowest BCUT2D eigenvalue weighted by Crippen LogP contribution is -2.29. The summed E-state index contributed by atoms with van der Waals surface area (Å²) < 4.78 is 5.21. The van der Waals surface area contributed by atoms with Crippen molar-refractivity contribution in [2.24, 2.45) is 5.84 Å². The largest absolute Gasteiger partial charge is 0.497 e. The highest BCUT2D eigenvalue weighted by atomic mass is 35.5. The Morgan fingerprint density at radius 2 is 1.75 bits per heavy atom. The van der Waals surface area contributed by atoms with Crippen molar-refractivity contribution >= 4 is 23.2 Å². The van der Waals surface area contributed by atoms with Crippen molar-refractivity contribution in [3.05, 3.63) is 63.1 Å². The van der Waals surface area contributed by atoms with E-state index in [1.807, 2.05) is 37.3 Å². The van der Waals surface area contributed by atoms with Crippen molar-refractivity contribution in [3.8, 4) is 5.75 Å². The van der Waals surface area contributed by atoms with Gasteiger partial charge in [0, 0.05) is 10.0 Å². The van der Waals surface area contributed by atoms with Gasteiger partial charge in [-0.05, 0) is 53.9 Å². The number of hydrogen-bond acceptors (Lipinski definition) is 3. The predicted octanol–water partition coefficient (Wildman–Crippen LogP) is 3.86. The van der Waals surface area contributed by atoms with Gasteiger partial charge in [-0.1, -0.05) is 29.3 Å². The molecule has 5 heteroatoms. The number of nitrogens with two attached hydrogens (primary N) is 1. The molecule has 0 spiro atoms. The number of benzene rings is 2. The Bertz CT molecular complexity index is 597. The molecule has 2 aromatic rings. The van der Waals surface area contributed by atoms with Gasteiger partial charge in [-0.15, -0.1) is 0 Å². The molecule has 2 rings (SSSR count). The summed E-state index contributed by atoms with van der Waals surface area (Å²) in [5, 5.41) is 1.16. The number of methoxy groups -OCH3 is 1. The quantitative estimate of drug-likeness (QED) is 0.666. The van der Waals surface area contributed by atoms with E-state index in [-0.39, 0.29) is 6.04 Å². The molecule has 0 saturated carbocycles. The molecular weight excluding hydrogens is 295 g/mol.